The number of benzene rings is 2. The number of rotatable bonds is 4. The van der Waals surface area contributed by atoms with Gasteiger partial charge in [-0.25, -0.2) is 4.39 Å². The van der Waals surface area contributed by atoms with Gasteiger partial charge in [0, 0.05) is 41.7 Å². The maximum Gasteiger partial charge on any atom is 0.255 e. The summed E-state index contributed by atoms with van der Waals surface area (Å²) in [6.07, 6.45) is 1.19. The van der Waals surface area contributed by atoms with Crippen molar-refractivity contribution in [3.8, 4) is 11.1 Å². The van der Waals surface area contributed by atoms with Crippen LogP contribution in [0.3, 0.4) is 0 Å². The lowest BCUT2D eigenvalue weighted by Gasteiger charge is -2.50. The Labute approximate surface area is 210 Å². The summed E-state index contributed by atoms with van der Waals surface area (Å²) < 4.78 is 19.9. The second kappa shape index (κ2) is 8.96. The minimum absolute atomic E-state index is 0.204. The molecule has 1 aromatic heterocycles. The Morgan fingerprint density at radius 1 is 1.25 bits per heavy atom. The molecule has 188 valence electrons. The number of halogens is 1. The number of carbonyl (C=O) groups is 1. The van der Waals surface area contributed by atoms with Gasteiger partial charge in [0.15, 0.2) is 0 Å². The van der Waals surface area contributed by atoms with Crippen LogP contribution in [0.15, 0.2) is 54.7 Å². The Kier molecular flexibility index (Phi) is 6.06. The predicted molar refractivity (Wildman–Crippen MR) is 138 cm³/mol. The van der Waals surface area contributed by atoms with E-state index in [2.05, 4.69) is 21.3 Å². The van der Waals surface area contributed by atoms with Gasteiger partial charge in [-0.1, -0.05) is 18.2 Å². The zero-order valence-corrected chi connectivity index (χ0v) is 20.7. The highest BCUT2D eigenvalue weighted by molar-refractivity contribution is 6.04. The Balaban J connectivity index is 1.46. The maximum atomic E-state index is 14.3. The molecule has 36 heavy (non-hydrogen) atoms. The van der Waals surface area contributed by atoms with Gasteiger partial charge in [-0.3, -0.25) is 9.78 Å². The number of ether oxygens (including phenoxy) is 1. The second-order valence-corrected chi connectivity index (χ2v) is 10.2. The second-order valence-electron chi connectivity index (χ2n) is 10.2. The molecule has 3 heterocycles. The number of aliphatic hydroxyl groups is 1. The van der Waals surface area contributed by atoms with Crippen LogP contribution < -0.4 is 16.0 Å². The Morgan fingerprint density at radius 3 is 2.83 bits per heavy atom. The highest BCUT2D eigenvalue weighted by Crippen LogP contribution is 2.43. The number of nitrogens with two attached hydrogens (primary N) is 1. The summed E-state index contributed by atoms with van der Waals surface area (Å²) in [5, 5.41) is 13.7. The van der Waals surface area contributed by atoms with Crippen molar-refractivity contribution in [2.24, 2.45) is 5.73 Å². The van der Waals surface area contributed by atoms with Crippen LogP contribution in [-0.4, -0.2) is 41.4 Å². The monoisotopic (exact) mass is 490 g/mol. The molecule has 3 aromatic rings. The summed E-state index contributed by atoms with van der Waals surface area (Å²) >= 11 is 0. The molecule has 1 unspecified atom stereocenters. The molecular formula is C28H31FN4O3. The summed E-state index contributed by atoms with van der Waals surface area (Å²) in [4.78, 5) is 19.1. The minimum Gasteiger partial charge on any atom is -0.388 e. The normalized spacial score (nSPS) is 21.5. The maximum absolute atomic E-state index is 14.3. The number of carbonyl (C=O) groups excluding carboxylic acids is 1. The van der Waals surface area contributed by atoms with E-state index >= 15 is 0 Å². The van der Waals surface area contributed by atoms with E-state index in [1.54, 1.807) is 6.07 Å². The molecule has 1 fully saturated rings. The van der Waals surface area contributed by atoms with Gasteiger partial charge in [0.2, 0.25) is 0 Å². The zero-order chi connectivity index (χ0) is 25.7. The molecule has 7 nitrogen and oxygen atoms in total. The largest absolute Gasteiger partial charge is 0.388 e. The highest BCUT2D eigenvalue weighted by atomic mass is 19.1. The summed E-state index contributed by atoms with van der Waals surface area (Å²) in [7, 11) is 0. The van der Waals surface area contributed by atoms with Gasteiger partial charge in [-0.05, 0) is 67.8 Å². The van der Waals surface area contributed by atoms with E-state index < -0.39 is 17.4 Å². The fourth-order valence-electron chi connectivity index (χ4n) is 5.02. The molecule has 1 amide bonds. The quantitative estimate of drug-likeness (QED) is 0.500. The molecule has 8 heteroatoms. The van der Waals surface area contributed by atoms with Crippen molar-refractivity contribution < 1.29 is 19.0 Å². The van der Waals surface area contributed by atoms with Crippen LogP contribution in [0.1, 0.15) is 53.6 Å². The molecule has 1 saturated heterocycles. The van der Waals surface area contributed by atoms with Gasteiger partial charge in [-0.15, -0.1) is 0 Å². The first kappa shape index (κ1) is 24.4. The Bertz CT molecular complexity index is 1320. The van der Waals surface area contributed by atoms with Crippen LogP contribution in [0, 0.1) is 6.92 Å². The van der Waals surface area contributed by atoms with Crippen molar-refractivity contribution >= 4 is 17.3 Å². The number of morpholine rings is 1. The van der Waals surface area contributed by atoms with Crippen molar-refractivity contribution in [3.05, 3.63) is 77.1 Å². The van der Waals surface area contributed by atoms with Crippen molar-refractivity contribution in [2.45, 2.75) is 44.6 Å². The topological polar surface area (TPSA) is 101 Å². The third kappa shape index (κ3) is 4.48. The zero-order valence-electron chi connectivity index (χ0n) is 20.7. The van der Waals surface area contributed by atoms with Crippen molar-refractivity contribution in [1.29, 1.82) is 0 Å². The molecule has 2 aliphatic heterocycles. The molecular weight excluding hydrogens is 459 g/mol. The number of anilines is 2. The molecule has 4 N–H and O–H groups in total. The van der Waals surface area contributed by atoms with Crippen LogP contribution in [0.4, 0.5) is 15.8 Å². The first-order valence-corrected chi connectivity index (χ1v) is 12.1. The molecule has 0 saturated carbocycles. The number of aromatic nitrogens is 1. The lowest BCUT2D eigenvalue weighted by Crippen LogP contribution is -2.65. The van der Waals surface area contributed by atoms with E-state index in [4.69, 9.17) is 10.5 Å². The molecule has 2 aliphatic rings. The number of nitrogens with one attached hydrogen (secondary N) is 1. The molecule has 0 radical (unpaired) electrons. The molecule has 5 rings (SSSR count). The lowest BCUT2D eigenvalue weighted by atomic mass is 9.86. The highest BCUT2D eigenvalue weighted by Gasteiger charge is 2.43. The lowest BCUT2D eigenvalue weighted by molar-refractivity contribution is 0.0159. The van der Waals surface area contributed by atoms with Gasteiger partial charge in [0.25, 0.3) is 5.91 Å². The van der Waals surface area contributed by atoms with Crippen molar-refractivity contribution in [1.82, 2.24) is 4.98 Å². The predicted octanol–water partition coefficient (Wildman–Crippen LogP) is 4.44. The van der Waals surface area contributed by atoms with E-state index in [9.17, 15) is 14.3 Å². The van der Waals surface area contributed by atoms with E-state index in [0.29, 0.717) is 37.4 Å². The van der Waals surface area contributed by atoms with Crippen molar-refractivity contribution in [3.63, 3.8) is 0 Å². The van der Waals surface area contributed by atoms with Crippen LogP contribution in [0.25, 0.3) is 11.1 Å². The summed E-state index contributed by atoms with van der Waals surface area (Å²) in [5.41, 5.74) is 10.1. The number of pyridine rings is 1. The fourth-order valence-corrected chi connectivity index (χ4v) is 5.02. The van der Waals surface area contributed by atoms with Gasteiger partial charge < -0.3 is 25.8 Å². The SMILES string of the molecule is Cc1ccc(NC(=O)c2ccnc(C(C)(C)F)c2)cc1-c1ccc2c(c1)N1CCOCC1(N)C[C@@H]2O. The van der Waals surface area contributed by atoms with Crippen LogP contribution in [-0.2, 0) is 10.4 Å². The van der Waals surface area contributed by atoms with Gasteiger partial charge >= 0.3 is 0 Å². The first-order valence-electron chi connectivity index (χ1n) is 12.1. The van der Waals surface area contributed by atoms with Crippen LogP contribution in [0.2, 0.25) is 0 Å². The average molecular weight is 491 g/mol. The number of nitrogens with zero attached hydrogens (tertiary/aromatic N) is 2. The van der Waals surface area contributed by atoms with Gasteiger partial charge in [-0.2, -0.15) is 0 Å². The van der Waals surface area contributed by atoms with E-state index in [-0.39, 0.29) is 11.6 Å². The number of alkyl halides is 1. The Hall–Kier alpha value is -3.33. The van der Waals surface area contributed by atoms with E-state index in [0.717, 1.165) is 27.9 Å². The van der Waals surface area contributed by atoms with Gasteiger partial charge in [0.1, 0.15) is 11.3 Å². The minimum atomic E-state index is -1.64. The summed E-state index contributed by atoms with van der Waals surface area (Å²) in [6, 6.07) is 14.7. The fraction of sp³-hybridized carbons (Fsp3) is 0.357. The standard InChI is InChI=1S/C28H31FN4O3/c1-17-4-6-20(32-26(35)19-8-9-31-25(13-19)27(2,3)29)14-22(17)18-5-7-21-23(12-18)33-10-11-36-16-28(33,30)15-24(21)34/h4-9,12-14,24,34H,10-11,15-16,30H2,1-3H3,(H,32,35)/t24-,28?/m0/s1. The molecule has 0 bridgehead atoms. The first-order chi connectivity index (χ1) is 17.0. The van der Waals surface area contributed by atoms with Crippen LogP contribution in [0.5, 0.6) is 0 Å². The van der Waals surface area contributed by atoms with Crippen molar-refractivity contribution in [2.75, 3.05) is 30.0 Å². The van der Waals surface area contributed by atoms with Gasteiger partial charge in [0.05, 0.1) is 25.0 Å². The average Bonchev–Trinajstić information content (AvgIpc) is 2.84. The molecule has 2 atom stereocenters. The number of hydrogen-bond donors (Lipinski definition) is 3. The third-order valence-corrected chi connectivity index (χ3v) is 7.01. The number of aryl methyl sites for hydroxylation is 1. The number of amides is 1. The molecule has 0 spiro atoms. The summed E-state index contributed by atoms with van der Waals surface area (Å²) in [6.45, 7) is 6.42. The molecule has 2 aromatic carbocycles. The number of fused-ring (bicyclic) bond motifs is 3. The number of hydrogen-bond acceptors (Lipinski definition) is 6. The molecule has 0 aliphatic carbocycles. The smallest absolute Gasteiger partial charge is 0.255 e. The van der Waals surface area contributed by atoms with E-state index in [1.807, 2.05) is 37.3 Å². The van der Waals surface area contributed by atoms with Crippen LogP contribution >= 0.6 is 0 Å². The number of aliphatic hydroxyl groups excluding tert-OH is 1. The van der Waals surface area contributed by atoms with E-state index in [1.165, 1.54) is 26.1 Å². The Morgan fingerprint density at radius 2 is 2.06 bits per heavy atom. The summed E-state index contributed by atoms with van der Waals surface area (Å²) in [5.74, 6) is -0.340. The third-order valence-electron chi connectivity index (χ3n) is 7.01.